The number of hydrogen-bond acceptors (Lipinski definition) is 4. The summed E-state index contributed by atoms with van der Waals surface area (Å²) in [6, 6.07) is 0. The van der Waals surface area contributed by atoms with E-state index >= 15 is 0 Å². The Bertz CT molecular complexity index is 268. The summed E-state index contributed by atoms with van der Waals surface area (Å²) in [5, 5.41) is 18.0. The maximum atomic E-state index is 11.5. The molecule has 92 valence electrons. The van der Waals surface area contributed by atoms with Crippen LogP contribution in [-0.2, 0) is 14.3 Å². The molecule has 1 amide bonds. The van der Waals surface area contributed by atoms with Crippen LogP contribution in [0.5, 0.6) is 0 Å². The van der Waals surface area contributed by atoms with Gasteiger partial charge in [0.2, 0.25) is 5.91 Å². The smallest absolute Gasteiger partial charge is 0.303 e. The lowest BCUT2D eigenvalue weighted by Crippen LogP contribution is -2.30. The second-order valence-corrected chi connectivity index (χ2v) is 3.75. The first-order valence-electron chi connectivity index (χ1n) is 5.33. The fourth-order valence-corrected chi connectivity index (χ4v) is 1.71. The molecule has 0 saturated carbocycles. The van der Waals surface area contributed by atoms with Gasteiger partial charge < -0.3 is 19.8 Å². The van der Waals surface area contributed by atoms with Crippen molar-refractivity contribution < 1.29 is 24.5 Å². The second kappa shape index (κ2) is 5.81. The van der Waals surface area contributed by atoms with Crippen LogP contribution in [0.2, 0.25) is 0 Å². The molecular weight excluding hydrogens is 214 g/mol. The van der Waals surface area contributed by atoms with Gasteiger partial charge in [0.1, 0.15) is 6.10 Å². The van der Waals surface area contributed by atoms with Gasteiger partial charge in [-0.05, 0) is 6.92 Å². The van der Waals surface area contributed by atoms with E-state index in [0.717, 1.165) is 0 Å². The third-order valence-corrected chi connectivity index (χ3v) is 2.52. The molecule has 0 unspecified atom stereocenters. The monoisotopic (exact) mass is 231 g/mol. The number of carbonyl (C=O) groups excluding carboxylic acids is 1. The number of aliphatic hydroxyl groups is 1. The average molecular weight is 231 g/mol. The summed E-state index contributed by atoms with van der Waals surface area (Å²) in [5.74, 6) is -1.24. The number of likely N-dealkylation sites (tertiary alicyclic amines) is 1. The van der Waals surface area contributed by atoms with E-state index in [4.69, 9.17) is 9.84 Å². The van der Waals surface area contributed by atoms with Crippen molar-refractivity contribution in [1.82, 2.24) is 4.90 Å². The summed E-state index contributed by atoms with van der Waals surface area (Å²) in [6.07, 6.45) is -1.22. The van der Waals surface area contributed by atoms with Crippen molar-refractivity contribution >= 4 is 11.9 Å². The van der Waals surface area contributed by atoms with Crippen molar-refractivity contribution in [3.63, 3.8) is 0 Å². The highest BCUT2D eigenvalue weighted by Crippen LogP contribution is 2.15. The predicted octanol–water partition coefficient (Wildman–Crippen LogP) is -0.541. The Hall–Kier alpha value is -1.14. The van der Waals surface area contributed by atoms with Gasteiger partial charge in [-0.2, -0.15) is 0 Å². The molecule has 1 heterocycles. The zero-order valence-electron chi connectivity index (χ0n) is 9.26. The Morgan fingerprint density at radius 2 is 2.06 bits per heavy atom. The Kier molecular flexibility index (Phi) is 4.70. The van der Waals surface area contributed by atoms with Crippen molar-refractivity contribution in [2.75, 3.05) is 19.7 Å². The van der Waals surface area contributed by atoms with Crippen LogP contribution in [0.4, 0.5) is 0 Å². The summed E-state index contributed by atoms with van der Waals surface area (Å²) in [5.41, 5.74) is 0. The fourth-order valence-electron chi connectivity index (χ4n) is 1.71. The van der Waals surface area contributed by atoms with E-state index in [1.165, 1.54) is 4.90 Å². The molecule has 0 aromatic carbocycles. The zero-order chi connectivity index (χ0) is 12.1. The minimum atomic E-state index is -0.991. The van der Waals surface area contributed by atoms with Crippen molar-refractivity contribution in [3.8, 4) is 0 Å². The average Bonchev–Trinajstić information content (AvgIpc) is 2.57. The summed E-state index contributed by atoms with van der Waals surface area (Å²) < 4.78 is 5.26. The number of hydrogen-bond donors (Lipinski definition) is 2. The SMILES string of the molecule is CCO[C@H]1CN(C(=O)CCC(=O)O)C[C@@H]1O. The predicted molar refractivity (Wildman–Crippen MR) is 54.9 cm³/mol. The fraction of sp³-hybridized carbons (Fsp3) is 0.800. The van der Waals surface area contributed by atoms with Crippen LogP contribution >= 0.6 is 0 Å². The molecule has 16 heavy (non-hydrogen) atoms. The first-order chi connectivity index (χ1) is 7.54. The maximum absolute atomic E-state index is 11.5. The van der Waals surface area contributed by atoms with E-state index in [0.29, 0.717) is 13.2 Å². The number of aliphatic carboxylic acids is 1. The van der Waals surface area contributed by atoms with E-state index in [1.54, 1.807) is 0 Å². The Balaban J connectivity index is 2.39. The quantitative estimate of drug-likeness (QED) is 0.663. The first-order valence-corrected chi connectivity index (χ1v) is 5.33. The number of carboxylic acid groups (broad SMARTS) is 1. The second-order valence-electron chi connectivity index (χ2n) is 3.75. The van der Waals surface area contributed by atoms with Gasteiger partial charge >= 0.3 is 5.97 Å². The molecule has 1 aliphatic rings. The molecule has 0 radical (unpaired) electrons. The van der Waals surface area contributed by atoms with Gasteiger partial charge in [0, 0.05) is 26.1 Å². The molecule has 6 heteroatoms. The van der Waals surface area contributed by atoms with Gasteiger partial charge in [-0.1, -0.05) is 0 Å². The Morgan fingerprint density at radius 3 is 2.62 bits per heavy atom. The molecule has 0 bridgehead atoms. The van der Waals surface area contributed by atoms with E-state index < -0.39 is 12.1 Å². The number of nitrogens with zero attached hydrogens (tertiary/aromatic N) is 1. The first kappa shape index (κ1) is 12.9. The van der Waals surface area contributed by atoms with Crippen LogP contribution in [0.3, 0.4) is 0 Å². The molecule has 0 aromatic rings. The number of carbonyl (C=O) groups is 2. The van der Waals surface area contributed by atoms with Crippen molar-refractivity contribution in [1.29, 1.82) is 0 Å². The number of aliphatic hydroxyl groups excluding tert-OH is 1. The molecular formula is C10H17NO5. The van der Waals surface area contributed by atoms with E-state index in [1.807, 2.05) is 6.92 Å². The van der Waals surface area contributed by atoms with E-state index in [9.17, 15) is 14.7 Å². The largest absolute Gasteiger partial charge is 0.481 e. The van der Waals surface area contributed by atoms with Crippen molar-refractivity contribution in [2.45, 2.75) is 32.0 Å². The number of ether oxygens (including phenoxy) is 1. The maximum Gasteiger partial charge on any atom is 0.303 e. The van der Waals surface area contributed by atoms with Gasteiger partial charge in [-0.15, -0.1) is 0 Å². The summed E-state index contributed by atoms with van der Waals surface area (Å²) >= 11 is 0. The van der Waals surface area contributed by atoms with Crippen LogP contribution in [0.25, 0.3) is 0 Å². The lowest BCUT2D eigenvalue weighted by Gasteiger charge is -2.15. The van der Waals surface area contributed by atoms with Gasteiger partial charge in [0.15, 0.2) is 0 Å². The molecule has 1 rings (SSSR count). The lowest BCUT2D eigenvalue weighted by molar-refractivity contribution is -0.140. The third kappa shape index (κ3) is 3.46. The van der Waals surface area contributed by atoms with Gasteiger partial charge in [-0.3, -0.25) is 9.59 Å². The number of carboxylic acids is 1. The molecule has 0 aliphatic carbocycles. The summed E-state index contributed by atoms with van der Waals surface area (Å²) in [6.45, 7) is 2.87. The number of β-amino-alcohol motifs (C(OH)–C–C–N with tert-alkyl or cyclic N) is 1. The highest BCUT2D eigenvalue weighted by atomic mass is 16.5. The summed E-state index contributed by atoms with van der Waals surface area (Å²) in [7, 11) is 0. The van der Waals surface area contributed by atoms with Crippen LogP contribution in [0, 0.1) is 0 Å². The molecule has 1 saturated heterocycles. The van der Waals surface area contributed by atoms with Gasteiger partial charge in [-0.25, -0.2) is 0 Å². The van der Waals surface area contributed by atoms with E-state index in [2.05, 4.69) is 0 Å². The lowest BCUT2D eigenvalue weighted by atomic mass is 10.3. The minimum absolute atomic E-state index is 0.0269. The molecule has 2 atom stereocenters. The van der Waals surface area contributed by atoms with Crippen LogP contribution in [0.15, 0.2) is 0 Å². The van der Waals surface area contributed by atoms with E-state index in [-0.39, 0.29) is 31.4 Å². The van der Waals surface area contributed by atoms with Gasteiger partial charge in [0.25, 0.3) is 0 Å². The molecule has 1 fully saturated rings. The Morgan fingerprint density at radius 1 is 1.38 bits per heavy atom. The molecule has 1 aliphatic heterocycles. The Labute approximate surface area is 93.8 Å². The van der Waals surface area contributed by atoms with Crippen LogP contribution in [0.1, 0.15) is 19.8 Å². The molecule has 2 N–H and O–H groups in total. The third-order valence-electron chi connectivity index (χ3n) is 2.52. The topological polar surface area (TPSA) is 87.1 Å². The standard InChI is InChI=1S/C10H17NO5/c1-2-16-8-6-11(5-7(8)12)9(13)3-4-10(14)15/h7-8,12H,2-6H2,1H3,(H,14,15)/t7-,8-/m0/s1. The molecule has 0 spiro atoms. The van der Waals surface area contributed by atoms with Gasteiger partial charge in [0.05, 0.1) is 12.5 Å². The normalized spacial score (nSPS) is 24.8. The number of rotatable bonds is 5. The van der Waals surface area contributed by atoms with Crippen molar-refractivity contribution in [3.05, 3.63) is 0 Å². The molecule has 6 nitrogen and oxygen atoms in total. The summed E-state index contributed by atoms with van der Waals surface area (Å²) in [4.78, 5) is 23.3. The minimum Gasteiger partial charge on any atom is -0.481 e. The number of amides is 1. The van der Waals surface area contributed by atoms with Crippen LogP contribution in [-0.4, -0.2) is 58.9 Å². The highest BCUT2D eigenvalue weighted by molar-refractivity contribution is 5.81. The highest BCUT2D eigenvalue weighted by Gasteiger charge is 2.34. The zero-order valence-corrected chi connectivity index (χ0v) is 9.26. The van der Waals surface area contributed by atoms with Crippen molar-refractivity contribution in [2.24, 2.45) is 0 Å². The molecule has 0 aromatic heterocycles. The van der Waals surface area contributed by atoms with Crippen LogP contribution < -0.4 is 0 Å².